The molecule has 0 aromatic heterocycles. The number of unbranched alkanes of at least 4 members (excludes halogenated alkanes) is 1. The Kier molecular flexibility index (Phi) is 2.94. The largest absolute Gasteiger partial charge is 0.350 e. The van der Waals surface area contributed by atoms with E-state index in [2.05, 4.69) is 0 Å². The van der Waals surface area contributed by atoms with Crippen LogP contribution in [0, 0.1) is 0 Å². The maximum absolute atomic E-state index is 5.27. The zero-order chi connectivity index (χ0) is 8.23. The molecule has 0 aromatic carbocycles. The van der Waals surface area contributed by atoms with Crippen molar-refractivity contribution < 1.29 is 18.9 Å². The monoisotopic (exact) mass is 174 g/mol. The number of hydrogen-bond acceptors (Lipinski definition) is 4. The summed E-state index contributed by atoms with van der Waals surface area (Å²) in [7, 11) is 0. The van der Waals surface area contributed by atoms with Gasteiger partial charge in [0, 0.05) is 13.2 Å². The van der Waals surface area contributed by atoms with Crippen LogP contribution in [0.3, 0.4) is 0 Å². The molecule has 4 nitrogen and oxygen atoms in total. The lowest BCUT2D eigenvalue weighted by molar-refractivity contribution is 0.0280. The van der Waals surface area contributed by atoms with E-state index in [1.54, 1.807) is 0 Å². The molecule has 0 N–H and O–H groups in total. The molecule has 2 aliphatic heterocycles. The predicted molar refractivity (Wildman–Crippen MR) is 40.6 cm³/mol. The average Bonchev–Trinajstić information content (AvgIpc) is 2.89. The molecule has 0 amide bonds. The molecule has 2 heterocycles. The van der Waals surface area contributed by atoms with Gasteiger partial charge in [-0.1, -0.05) is 0 Å². The standard InChI is InChI=1S/C8H14O4/c1(3-9-7-5-11-7)2-4-10-8-6-12-8/h7-8H,1-6H2/t7-,8?/m1/s1. The van der Waals surface area contributed by atoms with Crippen molar-refractivity contribution in [1.82, 2.24) is 0 Å². The summed E-state index contributed by atoms with van der Waals surface area (Å²) in [5, 5.41) is 0. The van der Waals surface area contributed by atoms with Gasteiger partial charge < -0.3 is 18.9 Å². The smallest absolute Gasteiger partial charge is 0.181 e. The fourth-order valence-corrected chi connectivity index (χ4v) is 0.905. The fraction of sp³-hybridized carbons (Fsp3) is 1.00. The van der Waals surface area contributed by atoms with Gasteiger partial charge in [-0.2, -0.15) is 0 Å². The van der Waals surface area contributed by atoms with Crippen LogP contribution in [0.2, 0.25) is 0 Å². The van der Waals surface area contributed by atoms with Crippen molar-refractivity contribution in [3.63, 3.8) is 0 Å². The summed E-state index contributed by atoms with van der Waals surface area (Å²) in [5.74, 6) is 0. The van der Waals surface area contributed by atoms with E-state index in [1.165, 1.54) is 0 Å². The maximum Gasteiger partial charge on any atom is 0.181 e. The number of rotatable bonds is 7. The molecule has 1 unspecified atom stereocenters. The third kappa shape index (κ3) is 3.49. The highest BCUT2D eigenvalue weighted by atomic mass is 16.8. The van der Waals surface area contributed by atoms with Crippen LogP contribution in [0.4, 0.5) is 0 Å². The fourth-order valence-electron chi connectivity index (χ4n) is 0.905. The van der Waals surface area contributed by atoms with Crippen LogP contribution in [0.5, 0.6) is 0 Å². The van der Waals surface area contributed by atoms with Gasteiger partial charge in [0.25, 0.3) is 0 Å². The molecule has 4 heteroatoms. The molecule has 2 saturated heterocycles. The first-order chi connectivity index (χ1) is 5.95. The normalized spacial score (nSPS) is 32.0. The van der Waals surface area contributed by atoms with E-state index in [0.717, 1.165) is 39.3 Å². The summed E-state index contributed by atoms with van der Waals surface area (Å²) >= 11 is 0. The van der Waals surface area contributed by atoms with Crippen LogP contribution in [-0.2, 0) is 18.9 Å². The van der Waals surface area contributed by atoms with Crippen LogP contribution in [0.1, 0.15) is 12.8 Å². The van der Waals surface area contributed by atoms with Gasteiger partial charge in [0.05, 0.1) is 0 Å². The molecule has 0 bridgehead atoms. The van der Waals surface area contributed by atoms with Gasteiger partial charge in [-0.15, -0.1) is 0 Å². The second-order valence-electron chi connectivity index (χ2n) is 2.97. The second-order valence-corrected chi connectivity index (χ2v) is 2.97. The van der Waals surface area contributed by atoms with Gasteiger partial charge in [-0.3, -0.25) is 0 Å². The summed E-state index contributed by atoms with van der Waals surface area (Å²) in [6.07, 6.45) is 2.26. The van der Waals surface area contributed by atoms with E-state index in [4.69, 9.17) is 18.9 Å². The van der Waals surface area contributed by atoms with Crippen molar-refractivity contribution in [1.29, 1.82) is 0 Å². The molecule has 12 heavy (non-hydrogen) atoms. The van der Waals surface area contributed by atoms with Gasteiger partial charge in [0.1, 0.15) is 13.2 Å². The minimum absolute atomic E-state index is 0.0951. The van der Waals surface area contributed by atoms with Gasteiger partial charge >= 0.3 is 0 Å². The molecule has 0 spiro atoms. The first-order valence-corrected chi connectivity index (χ1v) is 4.41. The van der Waals surface area contributed by atoms with E-state index in [9.17, 15) is 0 Å². The van der Waals surface area contributed by atoms with Crippen LogP contribution in [0.15, 0.2) is 0 Å². The van der Waals surface area contributed by atoms with Crippen LogP contribution in [0.25, 0.3) is 0 Å². The first-order valence-electron chi connectivity index (χ1n) is 4.41. The van der Waals surface area contributed by atoms with Crippen molar-refractivity contribution in [3.05, 3.63) is 0 Å². The Hall–Kier alpha value is -0.160. The molecule has 0 aliphatic carbocycles. The topological polar surface area (TPSA) is 43.5 Å². The van der Waals surface area contributed by atoms with Crippen molar-refractivity contribution in [2.24, 2.45) is 0 Å². The molecule has 2 atom stereocenters. The molecular weight excluding hydrogens is 160 g/mol. The van der Waals surface area contributed by atoms with Crippen molar-refractivity contribution in [2.45, 2.75) is 25.4 Å². The average molecular weight is 174 g/mol. The molecule has 0 aromatic rings. The highest BCUT2D eigenvalue weighted by Crippen LogP contribution is 2.12. The Morgan fingerprint density at radius 1 is 0.917 bits per heavy atom. The summed E-state index contributed by atoms with van der Waals surface area (Å²) in [6.45, 7) is 3.10. The summed E-state index contributed by atoms with van der Waals surface area (Å²) < 4.78 is 20.3. The lowest BCUT2D eigenvalue weighted by atomic mass is 10.3. The van der Waals surface area contributed by atoms with Crippen LogP contribution in [-0.4, -0.2) is 39.0 Å². The first kappa shape index (κ1) is 8.44. The number of ether oxygens (including phenoxy) is 4. The molecule has 0 saturated carbocycles. The molecule has 2 aliphatic rings. The lowest BCUT2D eigenvalue weighted by Gasteiger charge is -2.00. The highest BCUT2D eigenvalue weighted by Gasteiger charge is 2.23. The Balaban J connectivity index is 1.31. The molecule has 2 rings (SSSR count). The minimum Gasteiger partial charge on any atom is -0.350 e. The number of hydrogen-bond donors (Lipinski definition) is 0. The SMILES string of the molecule is C(CCO[C@H]1CO1)COC1CO1. The van der Waals surface area contributed by atoms with Gasteiger partial charge in [-0.05, 0) is 12.8 Å². The van der Waals surface area contributed by atoms with E-state index < -0.39 is 0 Å². The third-order valence-corrected chi connectivity index (χ3v) is 1.75. The van der Waals surface area contributed by atoms with Gasteiger partial charge in [-0.25, -0.2) is 0 Å². The zero-order valence-electron chi connectivity index (χ0n) is 7.03. The van der Waals surface area contributed by atoms with Gasteiger partial charge in [0.2, 0.25) is 0 Å². The highest BCUT2D eigenvalue weighted by molar-refractivity contribution is 4.56. The number of epoxide rings is 2. The maximum atomic E-state index is 5.27. The van der Waals surface area contributed by atoms with E-state index >= 15 is 0 Å². The van der Waals surface area contributed by atoms with Crippen LogP contribution >= 0.6 is 0 Å². The summed E-state index contributed by atoms with van der Waals surface area (Å²) in [5.41, 5.74) is 0. The lowest BCUT2D eigenvalue weighted by Crippen LogP contribution is -2.02. The third-order valence-electron chi connectivity index (χ3n) is 1.75. The second kappa shape index (κ2) is 4.18. The Bertz CT molecular complexity index is 115. The molecular formula is C8H14O4. The molecule has 70 valence electrons. The van der Waals surface area contributed by atoms with E-state index in [1.807, 2.05) is 0 Å². The van der Waals surface area contributed by atoms with Crippen molar-refractivity contribution in [2.75, 3.05) is 26.4 Å². The summed E-state index contributed by atoms with van der Waals surface area (Å²) in [4.78, 5) is 0. The van der Waals surface area contributed by atoms with Gasteiger partial charge in [0.15, 0.2) is 12.6 Å². The Morgan fingerprint density at radius 2 is 1.33 bits per heavy atom. The summed E-state index contributed by atoms with van der Waals surface area (Å²) in [6, 6.07) is 0. The molecule has 2 fully saturated rings. The van der Waals surface area contributed by atoms with E-state index in [0.29, 0.717) is 0 Å². The predicted octanol–water partition coefficient (Wildman–Crippen LogP) is 0.512. The van der Waals surface area contributed by atoms with Crippen molar-refractivity contribution in [3.8, 4) is 0 Å². The Labute approximate surface area is 71.7 Å². The quantitative estimate of drug-likeness (QED) is 0.416. The van der Waals surface area contributed by atoms with Crippen molar-refractivity contribution >= 4 is 0 Å². The zero-order valence-corrected chi connectivity index (χ0v) is 7.03. The van der Waals surface area contributed by atoms with Crippen LogP contribution < -0.4 is 0 Å². The van der Waals surface area contributed by atoms with E-state index in [-0.39, 0.29) is 12.6 Å². The Morgan fingerprint density at radius 3 is 1.67 bits per heavy atom. The minimum atomic E-state index is 0.0951. The molecule has 0 radical (unpaired) electrons.